The van der Waals surface area contributed by atoms with Gasteiger partial charge in [-0.3, -0.25) is 9.59 Å². The number of hydrogen-bond acceptors (Lipinski definition) is 5. The Kier molecular flexibility index (Phi) is 6.72. The first-order valence-electron chi connectivity index (χ1n) is 7.73. The number of amides is 4. The molecule has 0 saturated heterocycles. The van der Waals surface area contributed by atoms with Crippen LogP contribution >= 0.6 is 15.9 Å². The van der Waals surface area contributed by atoms with Gasteiger partial charge in [0, 0.05) is 16.5 Å². The van der Waals surface area contributed by atoms with Gasteiger partial charge in [0.15, 0.2) is 0 Å². The van der Waals surface area contributed by atoms with Gasteiger partial charge in [-0.2, -0.15) is 0 Å². The Hall–Kier alpha value is -2.43. The highest BCUT2D eigenvalue weighted by molar-refractivity contribution is 9.10. The fraction of sp³-hybridized carbons (Fsp3) is 0.312. The number of nitrogens with two attached hydrogens (primary N) is 1. The van der Waals surface area contributed by atoms with Gasteiger partial charge in [-0.15, -0.1) is 0 Å². The lowest BCUT2D eigenvalue weighted by atomic mass is 9.90. The lowest BCUT2D eigenvalue weighted by Gasteiger charge is -2.31. The van der Waals surface area contributed by atoms with E-state index in [1.165, 1.54) is 6.08 Å². The van der Waals surface area contributed by atoms with Gasteiger partial charge in [0.25, 0.3) is 0 Å². The van der Waals surface area contributed by atoms with E-state index in [9.17, 15) is 24.6 Å². The molecule has 0 fully saturated rings. The molecule has 1 aliphatic rings. The summed E-state index contributed by atoms with van der Waals surface area (Å²) in [4.78, 5) is 34.9. The third kappa shape index (κ3) is 5.28. The van der Waals surface area contributed by atoms with Gasteiger partial charge >= 0.3 is 6.03 Å². The van der Waals surface area contributed by atoms with Crippen molar-refractivity contribution >= 4 is 39.5 Å². The maximum atomic E-state index is 12.1. The molecule has 0 aliphatic heterocycles. The maximum absolute atomic E-state index is 12.1. The van der Waals surface area contributed by atoms with E-state index in [0.717, 1.165) is 0 Å². The first-order valence-corrected chi connectivity index (χ1v) is 8.52. The highest BCUT2D eigenvalue weighted by Crippen LogP contribution is 2.22. The molecule has 0 radical (unpaired) electrons. The average molecular weight is 427 g/mol. The zero-order valence-electron chi connectivity index (χ0n) is 13.6. The van der Waals surface area contributed by atoms with Crippen LogP contribution in [0, 0.1) is 0 Å². The monoisotopic (exact) mass is 426 g/mol. The summed E-state index contributed by atoms with van der Waals surface area (Å²) in [6, 6.07) is 5.33. The number of carbonyl (C=O) groups is 3. The summed E-state index contributed by atoms with van der Waals surface area (Å²) in [6.07, 6.45) is -1.31. The number of aliphatic hydroxyl groups is 2. The lowest BCUT2D eigenvalue weighted by Crippen LogP contribution is -2.52. The van der Waals surface area contributed by atoms with Crippen LogP contribution in [-0.2, 0) is 9.59 Å². The van der Waals surface area contributed by atoms with Crippen LogP contribution in [0.4, 0.5) is 10.5 Å². The van der Waals surface area contributed by atoms with Crippen molar-refractivity contribution in [2.45, 2.75) is 24.7 Å². The minimum atomic E-state index is -1.28. The Morgan fingerprint density at radius 1 is 1.23 bits per heavy atom. The molecule has 0 unspecified atom stereocenters. The molecule has 0 bridgehead atoms. The number of hydrogen-bond donors (Lipinski definition) is 6. The van der Waals surface area contributed by atoms with Gasteiger partial charge in [-0.1, -0.05) is 18.2 Å². The fourth-order valence-corrected chi connectivity index (χ4v) is 2.80. The number of primary amides is 1. The standard InChI is InChI=1S/C16H19BrN4O5/c17-9-3-1-2-4-10(9)20-16(26)21-11-5-8(6-12(22)14(11)24)15(25)19-7-13(18)23/h1-5,11-12,14,22,24H,6-7H2,(H2,18,23)(H,19,25)(H2,20,21,26)/t11-,12+,14+/m0/s1. The highest BCUT2D eigenvalue weighted by atomic mass is 79.9. The number of benzene rings is 1. The maximum Gasteiger partial charge on any atom is 0.319 e. The Morgan fingerprint density at radius 3 is 2.58 bits per heavy atom. The molecule has 0 heterocycles. The van der Waals surface area contributed by atoms with E-state index >= 15 is 0 Å². The number of aliphatic hydroxyl groups excluding tert-OH is 2. The smallest absolute Gasteiger partial charge is 0.319 e. The van der Waals surface area contributed by atoms with Gasteiger partial charge in [0.1, 0.15) is 6.10 Å². The van der Waals surface area contributed by atoms with Crippen LogP contribution in [-0.4, -0.2) is 52.9 Å². The zero-order chi connectivity index (χ0) is 19.3. The summed E-state index contributed by atoms with van der Waals surface area (Å²) in [5, 5.41) is 27.4. The van der Waals surface area contributed by atoms with E-state index in [1.54, 1.807) is 24.3 Å². The molecule has 0 aromatic heterocycles. The van der Waals surface area contributed by atoms with Crippen molar-refractivity contribution in [3.8, 4) is 0 Å². The normalized spacial score (nSPS) is 22.1. The van der Waals surface area contributed by atoms with Crippen molar-refractivity contribution in [2.75, 3.05) is 11.9 Å². The summed E-state index contributed by atoms with van der Waals surface area (Å²) >= 11 is 3.29. The lowest BCUT2D eigenvalue weighted by molar-refractivity contribution is -0.123. The first kappa shape index (κ1) is 19.9. The van der Waals surface area contributed by atoms with Crippen molar-refractivity contribution in [2.24, 2.45) is 5.73 Å². The predicted molar refractivity (Wildman–Crippen MR) is 97.0 cm³/mol. The van der Waals surface area contributed by atoms with Gasteiger partial charge in [0.2, 0.25) is 11.8 Å². The van der Waals surface area contributed by atoms with Crippen LogP contribution in [0.25, 0.3) is 0 Å². The van der Waals surface area contributed by atoms with Crippen LogP contribution in [0.15, 0.2) is 40.4 Å². The molecule has 10 heteroatoms. The minimum Gasteiger partial charge on any atom is -0.390 e. The number of halogens is 1. The van der Waals surface area contributed by atoms with E-state index < -0.39 is 36.1 Å². The molecular formula is C16H19BrN4O5. The number of rotatable bonds is 5. The average Bonchev–Trinajstić information content (AvgIpc) is 2.58. The molecule has 3 atom stereocenters. The molecule has 140 valence electrons. The number of anilines is 1. The molecule has 4 amide bonds. The topological polar surface area (TPSA) is 154 Å². The SMILES string of the molecule is NC(=O)CNC(=O)C1=C[C@H](NC(=O)Nc2ccccc2Br)[C@@H](O)[C@H](O)C1. The van der Waals surface area contributed by atoms with E-state index in [2.05, 4.69) is 31.9 Å². The van der Waals surface area contributed by atoms with Crippen molar-refractivity contribution in [1.29, 1.82) is 0 Å². The van der Waals surface area contributed by atoms with Crippen molar-refractivity contribution in [3.63, 3.8) is 0 Å². The molecule has 26 heavy (non-hydrogen) atoms. The third-order valence-electron chi connectivity index (χ3n) is 3.71. The van der Waals surface area contributed by atoms with E-state index in [0.29, 0.717) is 10.2 Å². The van der Waals surface area contributed by atoms with E-state index in [-0.39, 0.29) is 18.5 Å². The van der Waals surface area contributed by atoms with Gasteiger partial charge < -0.3 is 31.9 Å². The Morgan fingerprint density at radius 2 is 1.92 bits per heavy atom. The fourth-order valence-electron chi connectivity index (χ4n) is 2.42. The van der Waals surface area contributed by atoms with Crippen molar-refractivity contribution in [1.82, 2.24) is 10.6 Å². The molecule has 1 aliphatic carbocycles. The van der Waals surface area contributed by atoms with Crippen molar-refractivity contribution < 1.29 is 24.6 Å². The number of carbonyl (C=O) groups excluding carboxylic acids is 3. The van der Waals surface area contributed by atoms with Gasteiger partial charge in [-0.25, -0.2) is 4.79 Å². The van der Waals surface area contributed by atoms with Gasteiger partial charge in [-0.05, 0) is 28.1 Å². The first-order chi connectivity index (χ1) is 12.3. The number of urea groups is 1. The molecule has 1 aromatic carbocycles. The zero-order valence-corrected chi connectivity index (χ0v) is 15.2. The third-order valence-corrected chi connectivity index (χ3v) is 4.40. The molecule has 7 N–H and O–H groups in total. The Labute approximate surface area is 157 Å². The summed E-state index contributed by atoms with van der Waals surface area (Å²) < 4.78 is 0.668. The molecule has 0 spiro atoms. The minimum absolute atomic E-state index is 0.115. The number of nitrogens with one attached hydrogen (secondary N) is 3. The van der Waals surface area contributed by atoms with Gasteiger partial charge in [0.05, 0.1) is 24.4 Å². The Balaban J connectivity index is 2.06. The van der Waals surface area contributed by atoms with E-state index in [1.807, 2.05) is 0 Å². The van der Waals surface area contributed by atoms with E-state index in [4.69, 9.17) is 5.73 Å². The van der Waals surface area contributed by atoms with Crippen molar-refractivity contribution in [3.05, 3.63) is 40.4 Å². The van der Waals surface area contributed by atoms with Crippen LogP contribution in [0.5, 0.6) is 0 Å². The second-order valence-electron chi connectivity index (χ2n) is 5.71. The molecule has 9 nitrogen and oxygen atoms in total. The molecule has 2 rings (SSSR count). The largest absolute Gasteiger partial charge is 0.390 e. The van der Waals surface area contributed by atoms with Crippen LogP contribution < -0.4 is 21.7 Å². The van der Waals surface area contributed by atoms with Crippen LogP contribution in [0.1, 0.15) is 6.42 Å². The summed E-state index contributed by atoms with van der Waals surface area (Å²) in [6.45, 7) is -0.352. The summed E-state index contributed by atoms with van der Waals surface area (Å²) in [5.74, 6) is -1.31. The second-order valence-corrected chi connectivity index (χ2v) is 6.56. The summed E-state index contributed by atoms with van der Waals surface area (Å²) in [7, 11) is 0. The highest BCUT2D eigenvalue weighted by Gasteiger charge is 2.33. The molecular weight excluding hydrogens is 408 g/mol. The molecule has 0 saturated carbocycles. The summed E-state index contributed by atoms with van der Waals surface area (Å²) in [5.41, 5.74) is 5.61. The molecule has 1 aromatic rings. The predicted octanol–water partition coefficient (Wildman–Crippen LogP) is -0.407. The Bertz CT molecular complexity index is 739. The number of para-hydroxylation sites is 1. The van der Waals surface area contributed by atoms with Crippen LogP contribution in [0.2, 0.25) is 0 Å². The quantitative estimate of drug-likeness (QED) is 0.377. The van der Waals surface area contributed by atoms with Crippen LogP contribution in [0.3, 0.4) is 0 Å². The second kappa shape index (κ2) is 8.79.